The molecule has 2 aliphatic rings. The number of amides is 2. The molecule has 0 bridgehead atoms. The molecular weight excluding hydrogens is 320 g/mol. The molecule has 2 heterocycles. The molecule has 0 unspecified atom stereocenters. The van der Waals surface area contributed by atoms with Gasteiger partial charge in [-0.25, -0.2) is 0 Å². The van der Waals surface area contributed by atoms with Crippen molar-refractivity contribution in [1.29, 1.82) is 0 Å². The van der Waals surface area contributed by atoms with Gasteiger partial charge in [0.1, 0.15) is 5.75 Å². The summed E-state index contributed by atoms with van der Waals surface area (Å²) in [6.07, 6.45) is 0.799. The van der Waals surface area contributed by atoms with Crippen molar-refractivity contribution in [1.82, 2.24) is 4.90 Å². The van der Waals surface area contributed by atoms with Gasteiger partial charge in [0.2, 0.25) is 5.91 Å². The molecule has 25 heavy (non-hydrogen) atoms. The Bertz CT molecular complexity index is 628. The summed E-state index contributed by atoms with van der Waals surface area (Å²) >= 11 is 0. The molecule has 2 aliphatic heterocycles. The number of carbonyl (C=O) groups excluding carboxylic acids is 2. The van der Waals surface area contributed by atoms with Gasteiger partial charge >= 0.3 is 0 Å². The van der Waals surface area contributed by atoms with Crippen LogP contribution in [-0.2, 0) is 14.3 Å². The average molecular weight is 346 g/mol. The number of fused-ring (bicyclic) bond motifs is 1. The van der Waals surface area contributed by atoms with Crippen LogP contribution in [0.1, 0.15) is 26.7 Å². The van der Waals surface area contributed by atoms with Crippen molar-refractivity contribution in [3.05, 3.63) is 24.3 Å². The van der Waals surface area contributed by atoms with Gasteiger partial charge in [0.25, 0.3) is 5.91 Å². The van der Waals surface area contributed by atoms with Crippen LogP contribution in [0, 0.1) is 5.92 Å². The first-order valence-electron chi connectivity index (χ1n) is 9.02. The molecule has 136 valence electrons. The lowest BCUT2D eigenvalue weighted by molar-refractivity contribution is -0.131. The Morgan fingerprint density at radius 1 is 1.36 bits per heavy atom. The Kier molecular flexibility index (Phi) is 5.58. The van der Waals surface area contributed by atoms with Crippen molar-refractivity contribution >= 4 is 17.5 Å². The maximum Gasteiger partial charge on any atom is 0.267 e. The van der Waals surface area contributed by atoms with E-state index < -0.39 is 6.10 Å². The Labute approximate surface area is 148 Å². The Hall–Kier alpha value is -2.08. The van der Waals surface area contributed by atoms with Crippen LogP contribution in [0.5, 0.6) is 5.75 Å². The van der Waals surface area contributed by atoms with Crippen molar-refractivity contribution in [2.45, 2.75) is 32.8 Å². The molecule has 1 aromatic rings. The Morgan fingerprint density at radius 2 is 2.16 bits per heavy atom. The van der Waals surface area contributed by atoms with Crippen LogP contribution in [0.4, 0.5) is 5.69 Å². The lowest BCUT2D eigenvalue weighted by Crippen LogP contribution is -2.46. The Morgan fingerprint density at radius 3 is 2.88 bits per heavy atom. The third-order valence-corrected chi connectivity index (χ3v) is 4.86. The van der Waals surface area contributed by atoms with Crippen LogP contribution < -0.4 is 9.64 Å². The number of carbonyl (C=O) groups is 2. The molecule has 0 N–H and O–H groups in total. The topological polar surface area (TPSA) is 59.1 Å². The zero-order chi connectivity index (χ0) is 17.8. The number of rotatable bonds is 6. The van der Waals surface area contributed by atoms with Crippen molar-refractivity contribution in [3.8, 4) is 5.75 Å². The summed E-state index contributed by atoms with van der Waals surface area (Å²) < 4.78 is 11.0. The van der Waals surface area contributed by atoms with Crippen LogP contribution in [-0.4, -0.2) is 55.7 Å². The van der Waals surface area contributed by atoms with E-state index in [4.69, 9.17) is 9.47 Å². The molecule has 0 spiro atoms. The van der Waals surface area contributed by atoms with E-state index in [9.17, 15) is 9.59 Å². The van der Waals surface area contributed by atoms with E-state index in [2.05, 4.69) is 0 Å². The molecule has 3 rings (SSSR count). The average Bonchev–Trinajstić information content (AvgIpc) is 3.13. The highest BCUT2D eigenvalue weighted by Crippen LogP contribution is 2.33. The second kappa shape index (κ2) is 7.87. The van der Waals surface area contributed by atoms with E-state index in [0.29, 0.717) is 31.2 Å². The van der Waals surface area contributed by atoms with E-state index >= 15 is 0 Å². The lowest BCUT2D eigenvalue weighted by atomic mass is 10.1. The van der Waals surface area contributed by atoms with Gasteiger partial charge in [0.05, 0.1) is 12.3 Å². The van der Waals surface area contributed by atoms with Gasteiger partial charge in [-0.2, -0.15) is 0 Å². The smallest absolute Gasteiger partial charge is 0.267 e. The zero-order valence-corrected chi connectivity index (χ0v) is 14.9. The number of para-hydroxylation sites is 2. The molecule has 0 aliphatic carbocycles. The summed E-state index contributed by atoms with van der Waals surface area (Å²) in [5.74, 6) is 1.10. The molecule has 0 radical (unpaired) electrons. The zero-order valence-electron chi connectivity index (χ0n) is 14.9. The molecule has 0 aromatic heterocycles. The van der Waals surface area contributed by atoms with Crippen molar-refractivity contribution < 1.29 is 19.1 Å². The predicted molar refractivity (Wildman–Crippen MR) is 94.7 cm³/mol. The molecule has 1 fully saturated rings. The molecule has 0 saturated carbocycles. The SMILES string of the molecule is CCN(C[C@@H]1CCOC1)C(=O)CCN1C(=O)[C@H](C)Oc2ccccc21. The number of hydrogen-bond donors (Lipinski definition) is 0. The largest absolute Gasteiger partial charge is 0.479 e. The van der Waals surface area contributed by atoms with Crippen molar-refractivity contribution in [3.63, 3.8) is 0 Å². The second-order valence-electron chi connectivity index (χ2n) is 6.63. The second-order valence-corrected chi connectivity index (χ2v) is 6.63. The molecule has 1 saturated heterocycles. The van der Waals surface area contributed by atoms with Crippen LogP contribution in [0.3, 0.4) is 0 Å². The first-order chi connectivity index (χ1) is 12.1. The van der Waals surface area contributed by atoms with Crippen molar-refractivity contribution in [2.24, 2.45) is 5.92 Å². The van der Waals surface area contributed by atoms with Gasteiger partial charge in [-0.05, 0) is 32.4 Å². The van der Waals surface area contributed by atoms with Crippen LogP contribution in [0.25, 0.3) is 0 Å². The van der Waals surface area contributed by atoms with Gasteiger partial charge in [0, 0.05) is 38.6 Å². The fraction of sp³-hybridized carbons (Fsp3) is 0.579. The maximum atomic E-state index is 12.6. The summed E-state index contributed by atoms with van der Waals surface area (Å²) in [6.45, 7) is 7.04. The molecule has 1 aromatic carbocycles. The summed E-state index contributed by atoms with van der Waals surface area (Å²) in [5.41, 5.74) is 0.741. The lowest BCUT2D eigenvalue weighted by Gasteiger charge is -2.33. The first-order valence-corrected chi connectivity index (χ1v) is 9.02. The highest BCUT2D eigenvalue weighted by Gasteiger charge is 2.31. The summed E-state index contributed by atoms with van der Waals surface area (Å²) in [5, 5.41) is 0. The van der Waals surface area contributed by atoms with Gasteiger partial charge < -0.3 is 19.3 Å². The third kappa shape index (κ3) is 3.95. The fourth-order valence-electron chi connectivity index (χ4n) is 3.40. The molecule has 6 nitrogen and oxygen atoms in total. The number of anilines is 1. The number of benzene rings is 1. The summed E-state index contributed by atoms with van der Waals surface area (Å²) in [7, 11) is 0. The van der Waals surface area contributed by atoms with E-state index in [1.807, 2.05) is 36.1 Å². The van der Waals surface area contributed by atoms with Crippen molar-refractivity contribution in [2.75, 3.05) is 37.7 Å². The molecule has 2 amide bonds. The minimum absolute atomic E-state index is 0.0822. The van der Waals surface area contributed by atoms with E-state index in [0.717, 1.165) is 31.9 Å². The van der Waals surface area contributed by atoms with E-state index in [1.165, 1.54) is 0 Å². The van der Waals surface area contributed by atoms with Gasteiger partial charge in [-0.3, -0.25) is 9.59 Å². The van der Waals surface area contributed by atoms with Crippen LogP contribution in [0.2, 0.25) is 0 Å². The third-order valence-electron chi connectivity index (χ3n) is 4.86. The minimum Gasteiger partial charge on any atom is -0.479 e. The van der Waals surface area contributed by atoms with Gasteiger partial charge in [-0.1, -0.05) is 12.1 Å². The number of hydrogen-bond acceptors (Lipinski definition) is 4. The molecule has 2 atom stereocenters. The number of nitrogens with zero attached hydrogens (tertiary/aromatic N) is 2. The molecular formula is C19H26N2O4. The summed E-state index contributed by atoms with van der Waals surface area (Å²) in [4.78, 5) is 28.6. The van der Waals surface area contributed by atoms with Gasteiger partial charge in [0.15, 0.2) is 6.10 Å². The number of ether oxygens (including phenoxy) is 2. The predicted octanol–water partition coefficient (Wildman–Crippen LogP) is 2.08. The normalized spacial score (nSPS) is 22.5. The highest BCUT2D eigenvalue weighted by atomic mass is 16.5. The maximum absolute atomic E-state index is 12.6. The fourth-order valence-corrected chi connectivity index (χ4v) is 3.40. The quantitative estimate of drug-likeness (QED) is 0.791. The monoisotopic (exact) mass is 346 g/mol. The first kappa shape index (κ1) is 17.7. The molecule has 6 heteroatoms. The standard InChI is InChI=1S/C19H26N2O4/c1-3-20(12-15-9-11-24-13-15)18(22)8-10-21-16-6-4-5-7-17(16)25-14(2)19(21)23/h4-7,14-15H,3,8-13H2,1-2H3/t14-,15-/m0/s1. The van der Waals surface area contributed by atoms with E-state index in [1.54, 1.807) is 11.8 Å². The van der Waals surface area contributed by atoms with Crippen LogP contribution >= 0.6 is 0 Å². The highest BCUT2D eigenvalue weighted by molar-refractivity contribution is 6.00. The van der Waals surface area contributed by atoms with E-state index in [-0.39, 0.29) is 11.8 Å². The van der Waals surface area contributed by atoms with Gasteiger partial charge in [-0.15, -0.1) is 0 Å². The summed E-state index contributed by atoms with van der Waals surface area (Å²) in [6, 6.07) is 7.47. The Balaban J connectivity index is 1.63. The van der Waals surface area contributed by atoms with Crippen LogP contribution in [0.15, 0.2) is 24.3 Å². The minimum atomic E-state index is -0.525.